The third kappa shape index (κ3) is 3.30. The van der Waals surface area contributed by atoms with Gasteiger partial charge in [-0.2, -0.15) is 23.3 Å². The zero-order chi connectivity index (χ0) is 19.9. The van der Waals surface area contributed by atoms with Crippen LogP contribution in [0, 0.1) is 6.92 Å². The Bertz CT molecular complexity index is 995. The van der Waals surface area contributed by atoms with Crippen LogP contribution in [0.5, 0.6) is 0 Å². The Morgan fingerprint density at radius 3 is 2.86 bits per heavy atom. The molecule has 0 fully saturated rings. The highest BCUT2D eigenvalue weighted by Crippen LogP contribution is 2.38. The molecule has 3 aromatic rings. The van der Waals surface area contributed by atoms with E-state index in [9.17, 15) is 13.2 Å². The van der Waals surface area contributed by atoms with Crippen LogP contribution in [0.15, 0.2) is 17.9 Å². The van der Waals surface area contributed by atoms with Gasteiger partial charge in [-0.15, -0.1) is 11.3 Å². The van der Waals surface area contributed by atoms with E-state index in [1.165, 1.54) is 4.88 Å². The van der Waals surface area contributed by atoms with Gasteiger partial charge in [0.1, 0.15) is 11.4 Å². The molecule has 11 heteroatoms. The minimum Gasteiger partial charge on any atom is -0.370 e. The number of nitrogens with zero attached hydrogens (tertiary/aromatic N) is 5. The predicted molar refractivity (Wildman–Crippen MR) is 100 cm³/mol. The number of halogens is 3. The van der Waals surface area contributed by atoms with E-state index in [0.717, 1.165) is 30.4 Å². The summed E-state index contributed by atoms with van der Waals surface area (Å²) in [4.78, 5) is 13.4. The Hall–Kier alpha value is -2.69. The topological polar surface area (TPSA) is 80.5 Å². The molecule has 0 bridgehead atoms. The van der Waals surface area contributed by atoms with Gasteiger partial charge < -0.3 is 10.6 Å². The molecule has 3 aromatic heterocycles. The molecule has 1 aliphatic rings. The largest absolute Gasteiger partial charge is 0.421 e. The molecule has 0 aliphatic heterocycles. The fraction of sp³-hybridized carbons (Fsp3) is 0.412. The van der Waals surface area contributed by atoms with Crippen molar-refractivity contribution in [2.45, 2.75) is 38.9 Å². The molecule has 0 radical (unpaired) electrons. The second kappa shape index (κ2) is 7.04. The molecule has 148 valence electrons. The molecule has 0 amide bonds. The molecule has 0 saturated carbocycles. The Morgan fingerprint density at radius 1 is 1.29 bits per heavy atom. The molecular weight excluding hydrogens is 391 g/mol. The monoisotopic (exact) mass is 409 g/mol. The number of aryl methyl sites for hydroxylation is 1. The number of hydrogen-bond donors (Lipinski definition) is 2. The fourth-order valence-electron chi connectivity index (χ4n) is 3.31. The van der Waals surface area contributed by atoms with Gasteiger partial charge in [0.15, 0.2) is 0 Å². The Balaban J connectivity index is 1.60. The summed E-state index contributed by atoms with van der Waals surface area (Å²) in [5.74, 6) is -0.167. The van der Waals surface area contributed by atoms with Gasteiger partial charge in [0.25, 0.3) is 0 Å². The van der Waals surface area contributed by atoms with Crippen molar-refractivity contribution >= 4 is 28.8 Å². The minimum atomic E-state index is -4.52. The van der Waals surface area contributed by atoms with Crippen molar-refractivity contribution in [3.63, 3.8) is 0 Å². The number of thiazole rings is 1. The Labute approximate surface area is 163 Å². The first kappa shape index (κ1) is 18.7. The smallest absolute Gasteiger partial charge is 0.370 e. The lowest BCUT2D eigenvalue weighted by molar-refractivity contribution is -0.137. The van der Waals surface area contributed by atoms with Gasteiger partial charge in [-0.1, -0.05) is 0 Å². The number of rotatable bonds is 5. The number of fused-ring (bicyclic) bond motifs is 1. The van der Waals surface area contributed by atoms with Gasteiger partial charge in [-0.05, 0) is 26.7 Å². The summed E-state index contributed by atoms with van der Waals surface area (Å²) in [6.45, 7) is 3.93. The molecule has 0 saturated heterocycles. The molecule has 28 heavy (non-hydrogen) atoms. The van der Waals surface area contributed by atoms with Crippen molar-refractivity contribution in [2.75, 3.05) is 17.2 Å². The van der Waals surface area contributed by atoms with Crippen molar-refractivity contribution < 1.29 is 13.2 Å². The van der Waals surface area contributed by atoms with E-state index >= 15 is 0 Å². The van der Waals surface area contributed by atoms with Crippen molar-refractivity contribution in [3.05, 3.63) is 39.7 Å². The average molecular weight is 409 g/mol. The Morgan fingerprint density at radius 2 is 2.11 bits per heavy atom. The zero-order valence-corrected chi connectivity index (χ0v) is 16.0. The predicted octanol–water partition coefficient (Wildman–Crippen LogP) is 4.17. The van der Waals surface area contributed by atoms with Crippen LogP contribution >= 0.6 is 11.3 Å². The van der Waals surface area contributed by atoms with E-state index < -0.39 is 11.7 Å². The summed E-state index contributed by atoms with van der Waals surface area (Å²) >= 11 is 1.62. The van der Waals surface area contributed by atoms with Gasteiger partial charge in [0.05, 0.1) is 39.7 Å². The van der Waals surface area contributed by atoms with Crippen LogP contribution < -0.4 is 10.6 Å². The first-order chi connectivity index (χ1) is 13.4. The summed E-state index contributed by atoms with van der Waals surface area (Å²) in [7, 11) is 0. The van der Waals surface area contributed by atoms with E-state index in [1.807, 2.05) is 17.1 Å². The van der Waals surface area contributed by atoms with Gasteiger partial charge >= 0.3 is 6.18 Å². The van der Waals surface area contributed by atoms with E-state index in [4.69, 9.17) is 0 Å². The van der Waals surface area contributed by atoms with E-state index in [-0.39, 0.29) is 17.8 Å². The van der Waals surface area contributed by atoms with Crippen molar-refractivity contribution in [1.82, 2.24) is 24.7 Å². The van der Waals surface area contributed by atoms with Gasteiger partial charge in [-0.3, -0.25) is 4.68 Å². The van der Waals surface area contributed by atoms with Crippen LogP contribution in [0.3, 0.4) is 0 Å². The number of hydrogen-bond acceptors (Lipinski definition) is 7. The van der Waals surface area contributed by atoms with Crippen molar-refractivity contribution in [2.24, 2.45) is 0 Å². The van der Waals surface area contributed by atoms with Crippen LogP contribution in [0.2, 0.25) is 0 Å². The molecule has 3 heterocycles. The van der Waals surface area contributed by atoms with E-state index in [1.54, 1.807) is 24.5 Å². The van der Waals surface area contributed by atoms with Crippen LogP contribution in [0.25, 0.3) is 0 Å². The lowest BCUT2D eigenvalue weighted by Gasteiger charge is -2.15. The van der Waals surface area contributed by atoms with Crippen molar-refractivity contribution in [3.8, 4) is 0 Å². The summed E-state index contributed by atoms with van der Waals surface area (Å²) in [5, 5.41) is 10.1. The van der Waals surface area contributed by atoms with Gasteiger partial charge in [0, 0.05) is 12.7 Å². The molecule has 0 aromatic carbocycles. The maximum Gasteiger partial charge on any atom is 0.421 e. The number of aromatic nitrogens is 5. The average Bonchev–Trinajstić information content (AvgIpc) is 3.32. The minimum absolute atomic E-state index is 0.0801. The molecule has 0 spiro atoms. The lowest BCUT2D eigenvalue weighted by atomic mass is 10.2. The molecule has 7 nitrogen and oxygen atoms in total. The van der Waals surface area contributed by atoms with E-state index in [0.29, 0.717) is 12.2 Å². The van der Waals surface area contributed by atoms with Crippen LogP contribution in [0.4, 0.5) is 30.6 Å². The zero-order valence-electron chi connectivity index (χ0n) is 15.2. The standard InChI is InChI=1S/C17H18F3N7S/c1-3-21-15-10(17(18,19)20)6-22-16(26-15)25-12-7-24-27(9(12)2)13-5-4-11-14(13)28-8-23-11/h6-8,13H,3-5H2,1-2H3,(H2,21,22,25,26). The second-order valence-corrected chi connectivity index (χ2v) is 7.30. The highest BCUT2D eigenvalue weighted by molar-refractivity contribution is 7.09. The Kier molecular flexibility index (Phi) is 4.69. The third-order valence-electron chi connectivity index (χ3n) is 4.65. The fourth-order valence-corrected chi connectivity index (χ4v) is 4.27. The van der Waals surface area contributed by atoms with Crippen molar-refractivity contribution in [1.29, 1.82) is 0 Å². The number of alkyl halides is 3. The normalized spacial score (nSPS) is 16.2. The SMILES string of the molecule is CCNc1nc(Nc2cnn(C3CCc4ncsc43)c2C)ncc1C(F)(F)F. The third-order valence-corrected chi connectivity index (χ3v) is 5.63. The summed E-state index contributed by atoms with van der Waals surface area (Å²) in [6, 6.07) is 0.129. The molecule has 2 N–H and O–H groups in total. The summed E-state index contributed by atoms with van der Waals surface area (Å²) in [5.41, 5.74) is 3.57. The maximum absolute atomic E-state index is 13.1. The highest BCUT2D eigenvalue weighted by Gasteiger charge is 2.35. The van der Waals surface area contributed by atoms with Gasteiger partial charge in [0.2, 0.25) is 5.95 Å². The maximum atomic E-state index is 13.1. The number of anilines is 3. The van der Waals surface area contributed by atoms with Crippen LogP contribution in [0.1, 0.15) is 41.2 Å². The quantitative estimate of drug-likeness (QED) is 0.658. The number of nitrogens with one attached hydrogen (secondary N) is 2. The summed E-state index contributed by atoms with van der Waals surface area (Å²) < 4.78 is 41.2. The first-order valence-corrected chi connectivity index (χ1v) is 9.68. The molecule has 1 atom stereocenters. The molecular formula is C17H18F3N7S. The molecule has 1 aliphatic carbocycles. The van der Waals surface area contributed by atoms with Crippen LogP contribution in [-0.4, -0.2) is 31.3 Å². The van der Waals surface area contributed by atoms with E-state index in [2.05, 4.69) is 30.7 Å². The lowest BCUT2D eigenvalue weighted by Crippen LogP contribution is -2.14. The highest BCUT2D eigenvalue weighted by atomic mass is 32.1. The summed E-state index contributed by atoms with van der Waals surface area (Å²) in [6.07, 6.45) is -0.250. The first-order valence-electron chi connectivity index (χ1n) is 8.80. The van der Waals surface area contributed by atoms with Gasteiger partial charge in [-0.25, -0.2) is 9.97 Å². The molecule has 1 unspecified atom stereocenters. The van der Waals surface area contributed by atoms with Crippen LogP contribution in [-0.2, 0) is 12.6 Å². The second-order valence-electron chi connectivity index (χ2n) is 6.41. The molecule has 4 rings (SSSR count).